The van der Waals surface area contributed by atoms with Crippen LogP contribution in [0.3, 0.4) is 0 Å². The van der Waals surface area contributed by atoms with E-state index in [9.17, 15) is 15.0 Å². The van der Waals surface area contributed by atoms with E-state index in [0.29, 0.717) is 34.6 Å². The van der Waals surface area contributed by atoms with Gasteiger partial charge in [-0.3, -0.25) is 9.52 Å². The lowest BCUT2D eigenvalue weighted by Gasteiger charge is -2.34. The highest BCUT2D eigenvalue weighted by molar-refractivity contribution is 8.13. The van der Waals surface area contributed by atoms with E-state index in [-0.39, 0.29) is 29.5 Å². The van der Waals surface area contributed by atoms with Gasteiger partial charge in [-0.15, -0.1) is 0 Å². The normalized spacial score (nSPS) is 25.4. The number of aromatic nitrogens is 1. The number of nitrogens with zero attached hydrogens (tertiary/aromatic N) is 3. The van der Waals surface area contributed by atoms with Crippen LogP contribution in [0.2, 0.25) is 0 Å². The molecule has 4 N–H and O–H groups in total. The first-order chi connectivity index (χ1) is 16.8. The number of carbonyl (C=O) groups excluding carboxylic acids is 1. The fourth-order valence-corrected chi connectivity index (χ4v) is 5.50. The Kier molecular flexibility index (Phi) is 8.90. The highest BCUT2D eigenvalue weighted by atomic mass is 32.2. The molecule has 1 saturated heterocycles. The topological polar surface area (TPSA) is 110 Å². The van der Waals surface area contributed by atoms with Crippen molar-refractivity contribution in [2.24, 2.45) is 10.9 Å². The summed E-state index contributed by atoms with van der Waals surface area (Å²) in [7, 11) is 0. The summed E-state index contributed by atoms with van der Waals surface area (Å²) in [6, 6.07) is 3.70. The molecule has 3 unspecified atom stereocenters. The van der Waals surface area contributed by atoms with Crippen LogP contribution in [-0.2, 0) is 5.41 Å². The van der Waals surface area contributed by atoms with Crippen LogP contribution < -0.4 is 14.9 Å². The van der Waals surface area contributed by atoms with Gasteiger partial charge in [-0.1, -0.05) is 33.9 Å². The van der Waals surface area contributed by atoms with Crippen LogP contribution in [0.4, 0.5) is 5.82 Å². The average Bonchev–Trinajstić information content (AvgIpc) is 3.12. The molecular formula is C27H41N5O3S. The van der Waals surface area contributed by atoms with Crippen LogP contribution in [0.15, 0.2) is 42.2 Å². The van der Waals surface area contributed by atoms with E-state index in [0.717, 1.165) is 43.4 Å². The van der Waals surface area contributed by atoms with Crippen molar-refractivity contribution in [1.29, 1.82) is 0 Å². The second kappa shape index (κ2) is 11.4. The molecule has 3 atom stereocenters. The van der Waals surface area contributed by atoms with Gasteiger partial charge < -0.3 is 20.4 Å². The number of carbonyl (C=O) groups is 1. The SMILES string of the molecule is C=C/C1=N\C(=C)NC(CC(O)CO)CCC2CN(c3nc(C(C)(C)C)ccc3C(=O)NS1)C(C)(C)C2. The van der Waals surface area contributed by atoms with Crippen molar-refractivity contribution in [1.82, 2.24) is 15.0 Å². The maximum absolute atomic E-state index is 13.4. The third-order valence-corrected chi connectivity index (χ3v) is 7.59. The molecule has 8 nitrogen and oxygen atoms in total. The molecule has 0 aliphatic carbocycles. The van der Waals surface area contributed by atoms with Gasteiger partial charge in [-0.25, -0.2) is 9.98 Å². The number of pyridine rings is 1. The first-order valence-electron chi connectivity index (χ1n) is 12.6. The van der Waals surface area contributed by atoms with Crippen molar-refractivity contribution < 1.29 is 15.0 Å². The minimum Gasteiger partial charge on any atom is -0.394 e. The summed E-state index contributed by atoms with van der Waals surface area (Å²) in [5, 5.41) is 23.3. The van der Waals surface area contributed by atoms with Crippen molar-refractivity contribution in [3.8, 4) is 0 Å². The Balaban J connectivity index is 2.03. The smallest absolute Gasteiger partial charge is 0.265 e. The molecule has 0 radical (unpaired) electrons. The third kappa shape index (κ3) is 6.89. The molecule has 2 aliphatic rings. The van der Waals surface area contributed by atoms with E-state index in [1.165, 1.54) is 0 Å². The van der Waals surface area contributed by atoms with Crippen molar-refractivity contribution in [3.63, 3.8) is 0 Å². The van der Waals surface area contributed by atoms with Crippen molar-refractivity contribution in [2.45, 2.75) is 83.4 Å². The lowest BCUT2D eigenvalue weighted by Crippen LogP contribution is -2.40. The fourth-order valence-electron chi connectivity index (χ4n) is 4.96. The first-order valence-corrected chi connectivity index (χ1v) is 13.4. The Morgan fingerprint density at radius 1 is 1.33 bits per heavy atom. The zero-order valence-electron chi connectivity index (χ0n) is 22.2. The Hall–Kier alpha value is -2.36. The Bertz CT molecular complexity index is 1020. The minimum absolute atomic E-state index is 0.103. The number of nitrogens with one attached hydrogen (secondary N) is 2. The van der Waals surface area contributed by atoms with Gasteiger partial charge in [0.1, 0.15) is 16.7 Å². The Labute approximate surface area is 219 Å². The highest BCUT2D eigenvalue weighted by Gasteiger charge is 2.41. The van der Waals surface area contributed by atoms with E-state index in [1.54, 1.807) is 6.08 Å². The van der Waals surface area contributed by atoms with Crippen LogP contribution >= 0.6 is 11.9 Å². The summed E-state index contributed by atoms with van der Waals surface area (Å²) in [6.07, 6.45) is 3.78. The van der Waals surface area contributed by atoms with Crippen molar-refractivity contribution in [3.05, 3.63) is 48.4 Å². The van der Waals surface area contributed by atoms with Gasteiger partial charge in [-0.05, 0) is 63.7 Å². The minimum atomic E-state index is -0.822. The third-order valence-electron chi connectivity index (χ3n) is 6.83. The van der Waals surface area contributed by atoms with Crippen LogP contribution in [0, 0.1) is 5.92 Å². The molecule has 198 valence electrons. The molecule has 0 aromatic carbocycles. The molecule has 1 aromatic rings. The quantitative estimate of drug-likeness (QED) is 0.450. The predicted molar refractivity (Wildman–Crippen MR) is 148 cm³/mol. The zero-order valence-corrected chi connectivity index (χ0v) is 23.0. The maximum atomic E-state index is 13.4. The van der Waals surface area contributed by atoms with Crippen LogP contribution in [0.1, 0.15) is 76.4 Å². The van der Waals surface area contributed by atoms with Gasteiger partial charge >= 0.3 is 0 Å². The average molecular weight is 516 g/mol. The van der Waals surface area contributed by atoms with E-state index in [1.807, 2.05) is 12.1 Å². The first kappa shape index (κ1) is 28.2. The number of hydrogen-bond acceptors (Lipinski definition) is 8. The lowest BCUT2D eigenvalue weighted by molar-refractivity contribution is 0.0784. The standard InChI is InChI=1S/C27H41N5O3S/c1-8-23-29-17(2)28-19(13-20(34)16-33)10-9-18-14-27(6,7)32(15-18)24-21(25(35)31-36-23)11-12-22(30-24)26(3,4)5/h8,11-12,18-20,28,33-34H,1-2,9-10,13-16H2,3-7H3,(H,31,35)/b29-23+. The summed E-state index contributed by atoms with van der Waals surface area (Å²) in [6.45, 7) is 19.1. The molecule has 1 aromatic heterocycles. The molecule has 1 amide bonds. The molecule has 0 saturated carbocycles. The van der Waals surface area contributed by atoms with E-state index in [2.05, 4.69) is 67.7 Å². The largest absolute Gasteiger partial charge is 0.394 e. The van der Waals surface area contributed by atoms with E-state index >= 15 is 0 Å². The summed E-state index contributed by atoms with van der Waals surface area (Å²) in [5.41, 5.74) is 1.13. The molecule has 3 heterocycles. The molecule has 3 rings (SSSR count). The summed E-state index contributed by atoms with van der Waals surface area (Å²) in [4.78, 5) is 25.1. The highest BCUT2D eigenvalue weighted by Crippen LogP contribution is 2.40. The predicted octanol–water partition coefficient (Wildman–Crippen LogP) is 3.91. The maximum Gasteiger partial charge on any atom is 0.265 e. The number of fused-ring (bicyclic) bond motifs is 4. The number of amides is 1. The molecular weight excluding hydrogens is 474 g/mol. The van der Waals surface area contributed by atoms with E-state index < -0.39 is 6.10 Å². The number of aliphatic imine (C=N–C) groups is 1. The molecule has 9 heteroatoms. The van der Waals surface area contributed by atoms with Crippen LogP contribution in [0.25, 0.3) is 0 Å². The number of aliphatic hydroxyl groups excluding tert-OH is 2. The van der Waals surface area contributed by atoms with Crippen molar-refractivity contribution >= 4 is 28.7 Å². The van der Waals surface area contributed by atoms with E-state index in [4.69, 9.17) is 4.98 Å². The van der Waals surface area contributed by atoms with Gasteiger partial charge in [0.25, 0.3) is 5.91 Å². The van der Waals surface area contributed by atoms with Gasteiger partial charge in [0.15, 0.2) is 0 Å². The molecule has 36 heavy (non-hydrogen) atoms. The molecule has 0 spiro atoms. The van der Waals surface area contributed by atoms with Crippen LogP contribution in [0.5, 0.6) is 0 Å². The van der Waals surface area contributed by atoms with Crippen LogP contribution in [-0.4, -0.2) is 57.0 Å². The summed E-state index contributed by atoms with van der Waals surface area (Å²) < 4.78 is 2.89. The summed E-state index contributed by atoms with van der Waals surface area (Å²) in [5.74, 6) is 1.26. The fraction of sp³-hybridized carbons (Fsp3) is 0.593. The molecule has 1 fully saturated rings. The monoisotopic (exact) mass is 515 g/mol. The van der Waals surface area contributed by atoms with Crippen molar-refractivity contribution in [2.75, 3.05) is 18.1 Å². The zero-order chi connectivity index (χ0) is 26.7. The van der Waals surface area contributed by atoms with Gasteiger partial charge in [0.2, 0.25) is 0 Å². The Morgan fingerprint density at radius 3 is 2.69 bits per heavy atom. The van der Waals surface area contributed by atoms with Gasteiger partial charge in [0.05, 0.1) is 18.3 Å². The second-order valence-electron chi connectivity index (χ2n) is 11.4. The van der Waals surface area contributed by atoms with Gasteiger partial charge in [0, 0.05) is 41.2 Å². The summed E-state index contributed by atoms with van der Waals surface area (Å²) >= 11 is 1.07. The molecule has 2 aliphatic heterocycles. The number of rotatable bonds is 4. The molecule has 2 bridgehead atoms. The number of anilines is 1. The lowest BCUT2D eigenvalue weighted by atomic mass is 9.90. The number of aliphatic hydroxyl groups is 2. The Morgan fingerprint density at radius 2 is 2.06 bits per heavy atom. The second-order valence-corrected chi connectivity index (χ2v) is 12.3. The number of hydrogen-bond donors (Lipinski definition) is 4. The van der Waals surface area contributed by atoms with Gasteiger partial charge in [-0.2, -0.15) is 0 Å².